The summed E-state index contributed by atoms with van der Waals surface area (Å²) in [5, 5.41) is 6.96. The van der Waals surface area contributed by atoms with E-state index in [1.807, 2.05) is 91.0 Å². The minimum absolute atomic E-state index is 0.0203. The largest absolute Gasteiger partial charge is 0.534 e. The molecule has 0 unspecified atom stereocenters. The number of carbonyl (C=O) groups is 3. The van der Waals surface area contributed by atoms with Crippen molar-refractivity contribution in [2.45, 2.75) is 42.1 Å². The smallest absolute Gasteiger partial charge is 0.448 e. The van der Waals surface area contributed by atoms with Crippen LogP contribution in [-0.4, -0.2) is 63.8 Å². The number of rotatable bonds is 14. The average Bonchev–Trinajstić information content (AvgIpc) is 3.74. The average molecular weight is 909 g/mol. The zero-order chi connectivity index (χ0) is 45.1. The predicted octanol–water partition coefficient (Wildman–Crippen LogP) is 6.73. The number of nitrogen functional groups attached to an aromatic ring is 1. The molecule has 5 aromatic carbocycles. The summed E-state index contributed by atoms with van der Waals surface area (Å²) in [4.78, 5) is 54.2. The Hall–Kier alpha value is -7.38. The molecule has 14 nitrogen and oxygen atoms in total. The fourth-order valence-corrected chi connectivity index (χ4v) is 8.50. The van der Waals surface area contributed by atoms with E-state index >= 15 is 0 Å². The van der Waals surface area contributed by atoms with E-state index in [9.17, 15) is 36.0 Å². The highest BCUT2D eigenvalue weighted by Gasteiger charge is 2.57. The van der Waals surface area contributed by atoms with Crippen LogP contribution in [-0.2, 0) is 43.9 Å². The summed E-state index contributed by atoms with van der Waals surface area (Å²) < 4.78 is 80.3. The maximum atomic E-state index is 14.4. The number of alkyl halides is 3. The number of allylic oxidation sites excluding steroid dienone is 1. The van der Waals surface area contributed by atoms with Crippen LogP contribution >= 0.6 is 11.5 Å². The number of anilines is 1. The number of halogens is 3. The highest BCUT2D eigenvalue weighted by molar-refractivity contribution is 7.87. The standard InChI is InChI=1S/C45H35F3N6O8S2/c46-45(47,48)64(58,59)61-34-27-26-33-35(41(56)54(33)37(34)42(57)60-38(28-16-6-1-7-17-28)29-18-8-2-9-19-29)50-40(55)36(39-51-43(49)63-53-39)52-62-44(30-20-10-3-11-21-30,31-22-12-4-13-23-31)32-24-14-5-15-25-32/h1-25,33,35,38H,26-27H2,(H,50,55)(H2,49,51,53)/t33-,35+/m1/s1. The lowest BCUT2D eigenvalue weighted by atomic mass is 9.80. The van der Waals surface area contributed by atoms with E-state index in [0.717, 1.165) is 16.4 Å². The third-order valence-electron chi connectivity index (χ3n) is 10.5. The molecule has 0 saturated carbocycles. The monoisotopic (exact) mass is 908 g/mol. The van der Waals surface area contributed by atoms with Crippen molar-refractivity contribution in [1.29, 1.82) is 0 Å². The molecular weight excluding hydrogens is 874 g/mol. The van der Waals surface area contributed by atoms with Gasteiger partial charge in [-0.15, -0.1) is 0 Å². The van der Waals surface area contributed by atoms with E-state index in [-0.39, 0.29) is 17.4 Å². The maximum Gasteiger partial charge on any atom is 0.534 e. The van der Waals surface area contributed by atoms with Crippen molar-refractivity contribution in [3.63, 3.8) is 0 Å². The number of nitrogens with two attached hydrogens (primary N) is 1. The number of nitrogens with zero attached hydrogens (tertiary/aromatic N) is 4. The molecule has 6 aromatic rings. The van der Waals surface area contributed by atoms with Crippen molar-refractivity contribution < 1.29 is 49.7 Å². The number of ether oxygens (including phenoxy) is 1. The predicted molar refractivity (Wildman–Crippen MR) is 227 cm³/mol. The van der Waals surface area contributed by atoms with Gasteiger partial charge in [-0.1, -0.05) is 157 Å². The quantitative estimate of drug-likeness (QED) is 0.0224. The Bertz CT molecular complexity index is 2700. The number of benzene rings is 5. The van der Waals surface area contributed by atoms with Gasteiger partial charge in [0.1, 0.15) is 6.04 Å². The summed E-state index contributed by atoms with van der Waals surface area (Å²) in [5.74, 6) is -4.58. The van der Waals surface area contributed by atoms with Gasteiger partial charge in [-0.3, -0.25) is 14.5 Å². The molecule has 2 aliphatic rings. The second kappa shape index (κ2) is 17.8. The van der Waals surface area contributed by atoms with Crippen molar-refractivity contribution in [3.8, 4) is 0 Å². The summed E-state index contributed by atoms with van der Waals surface area (Å²) in [6, 6.07) is 41.5. The van der Waals surface area contributed by atoms with Crippen LogP contribution < -0.4 is 11.1 Å². The van der Waals surface area contributed by atoms with Crippen LogP contribution in [0.2, 0.25) is 0 Å². The molecule has 3 heterocycles. The molecule has 1 fully saturated rings. The van der Waals surface area contributed by atoms with Crippen molar-refractivity contribution in [2.24, 2.45) is 5.16 Å². The van der Waals surface area contributed by atoms with E-state index in [0.29, 0.717) is 27.8 Å². The lowest BCUT2D eigenvalue weighted by Crippen LogP contribution is -2.72. The fourth-order valence-electron chi connectivity index (χ4n) is 7.54. The van der Waals surface area contributed by atoms with Gasteiger partial charge >= 0.3 is 21.6 Å². The van der Waals surface area contributed by atoms with Gasteiger partial charge in [-0.05, 0) is 17.5 Å². The van der Waals surface area contributed by atoms with Crippen LogP contribution in [0.4, 0.5) is 18.3 Å². The Morgan fingerprint density at radius 3 is 1.73 bits per heavy atom. The van der Waals surface area contributed by atoms with Crippen molar-refractivity contribution in [3.05, 3.63) is 197 Å². The van der Waals surface area contributed by atoms with Gasteiger partial charge in [0.05, 0.1) is 6.04 Å². The molecule has 0 spiro atoms. The summed E-state index contributed by atoms with van der Waals surface area (Å²) >= 11 is 0.766. The van der Waals surface area contributed by atoms with E-state index in [1.165, 1.54) is 0 Å². The molecule has 0 radical (unpaired) electrons. The van der Waals surface area contributed by atoms with Gasteiger partial charge in [-0.25, -0.2) is 4.79 Å². The number of β-lactam (4-membered cyclic amide) rings is 1. The summed E-state index contributed by atoms with van der Waals surface area (Å²) in [6.07, 6.45) is -1.98. The first-order valence-corrected chi connectivity index (χ1v) is 21.7. The lowest BCUT2D eigenvalue weighted by molar-refractivity contribution is -0.159. The second-order valence-corrected chi connectivity index (χ2v) is 16.7. The van der Waals surface area contributed by atoms with Crippen LogP contribution in [0.1, 0.15) is 52.6 Å². The second-order valence-electron chi connectivity index (χ2n) is 14.4. The SMILES string of the molecule is Nc1nc(C(=NOC(c2ccccc2)(c2ccccc2)c2ccccc2)C(=O)N[C@@H]2C(=O)N3C(C(=O)OC(c4ccccc4)c4ccccc4)=C(OS(=O)(=O)C(F)(F)F)CC[C@H]23)ns1. The number of aromatic nitrogens is 2. The zero-order valence-electron chi connectivity index (χ0n) is 33.2. The van der Waals surface area contributed by atoms with Crippen LogP contribution in [0.3, 0.4) is 0 Å². The fraction of sp³-hybridized carbons (Fsp3) is 0.156. The molecule has 2 aliphatic heterocycles. The molecule has 64 heavy (non-hydrogen) atoms. The number of hydrogen-bond donors (Lipinski definition) is 2. The summed E-state index contributed by atoms with van der Waals surface area (Å²) in [7, 11) is -6.31. The maximum absolute atomic E-state index is 14.4. The third-order valence-corrected chi connectivity index (χ3v) is 12.0. The van der Waals surface area contributed by atoms with E-state index in [2.05, 4.69) is 24.0 Å². The number of esters is 1. The van der Waals surface area contributed by atoms with Crippen molar-refractivity contribution in [2.75, 3.05) is 5.73 Å². The molecular formula is C45H35F3N6O8S2. The molecule has 1 saturated heterocycles. The number of oxime groups is 1. The van der Waals surface area contributed by atoms with Crippen LogP contribution in [0.15, 0.2) is 168 Å². The van der Waals surface area contributed by atoms with Gasteiger partial charge in [0.25, 0.3) is 11.8 Å². The Balaban J connectivity index is 1.14. The first-order chi connectivity index (χ1) is 30.8. The molecule has 1 aromatic heterocycles. The molecule has 8 rings (SSSR count). The first kappa shape index (κ1) is 43.3. The molecule has 2 atom stereocenters. The normalized spacial score (nSPS) is 16.7. The minimum Gasteiger partial charge on any atom is -0.448 e. The van der Waals surface area contributed by atoms with E-state index < -0.39 is 80.8 Å². The summed E-state index contributed by atoms with van der Waals surface area (Å²) in [6.45, 7) is 0. The molecule has 0 bridgehead atoms. The first-order valence-electron chi connectivity index (χ1n) is 19.5. The molecule has 3 N–H and O–H groups in total. The lowest BCUT2D eigenvalue weighted by Gasteiger charge is -2.49. The zero-order valence-corrected chi connectivity index (χ0v) is 34.8. The summed E-state index contributed by atoms with van der Waals surface area (Å²) in [5.41, 5.74) is 0.0471. The number of nitrogens with one attached hydrogen (secondary N) is 1. The number of amides is 2. The molecule has 19 heteroatoms. The molecule has 0 aliphatic carbocycles. The molecule has 326 valence electrons. The van der Waals surface area contributed by atoms with Crippen molar-refractivity contribution >= 4 is 50.3 Å². The Morgan fingerprint density at radius 2 is 1.28 bits per heavy atom. The van der Waals surface area contributed by atoms with E-state index in [1.54, 1.807) is 60.7 Å². The van der Waals surface area contributed by atoms with Gasteiger partial charge in [0.2, 0.25) is 17.1 Å². The Labute approximate surface area is 368 Å². The highest BCUT2D eigenvalue weighted by atomic mass is 32.2. The van der Waals surface area contributed by atoms with Gasteiger partial charge in [0.15, 0.2) is 22.7 Å². The molecule has 2 amide bonds. The Morgan fingerprint density at radius 1 is 0.797 bits per heavy atom. The third kappa shape index (κ3) is 8.41. The van der Waals surface area contributed by atoms with Crippen molar-refractivity contribution in [1.82, 2.24) is 19.6 Å². The van der Waals surface area contributed by atoms with Crippen LogP contribution in [0, 0.1) is 0 Å². The highest BCUT2D eigenvalue weighted by Crippen LogP contribution is 2.43. The van der Waals surface area contributed by atoms with Crippen LogP contribution in [0.5, 0.6) is 0 Å². The Kier molecular flexibility index (Phi) is 12.0. The van der Waals surface area contributed by atoms with Crippen LogP contribution in [0.25, 0.3) is 0 Å². The number of hydrogen-bond acceptors (Lipinski definition) is 13. The number of fused-ring (bicyclic) bond motifs is 1. The topological polar surface area (TPSA) is 192 Å². The van der Waals surface area contributed by atoms with E-state index in [4.69, 9.17) is 15.3 Å². The van der Waals surface area contributed by atoms with Gasteiger partial charge in [0, 0.05) is 34.6 Å². The van der Waals surface area contributed by atoms with Gasteiger partial charge < -0.3 is 24.8 Å². The minimum atomic E-state index is -6.31. The van der Waals surface area contributed by atoms with Gasteiger partial charge in [-0.2, -0.15) is 30.9 Å². The number of carbonyl (C=O) groups excluding carboxylic acids is 3.